The number of ether oxygens (including phenoxy) is 2. The van der Waals surface area contributed by atoms with Crippen molar-refractivity contribution in [1.82, 2.24) is 5.32 Å². The normalized spacial score (nSPS) is 16.7. The van der Waals surface area contributed by atoms with Crippen LogP contribution in [0.3, 0.4) is 0 Å². The first kappa shape index (κ1) is 22.8. The molecular formula is C23H22N2O7. The maximum absolute atomic E-state index is 13.4. The Morgan fingerprint density at radius 3 is 2.19 bits per heavy atom. The molecule has 0 spiro atoms. The summed E-state index contributed by atoms with van der Waals surface area (Å²) in [6.45, 7) is 3.17. The monoisotopic (exact) mass is 438 g/mol. The maximum Gasteiger partial charge on any atom is 0.342 e. The number of carbonyl (C=O) groups excluding carboxylic acids is 3. The number of nitro groups is 1. The topological polar surface area (TPSA) is 125 Å². The second kappa shape index (κ2) is 9.52. The molecule has 1 heterocycles. The largest absolute Gasteiger partial charge is 0.464 e. The summed E-state index contributed by atoms with van der Waals surface area (Å²) in [5, 5.41) is 14.1. The van der Waals surface area contributed by atoms with Gasteiger partial charge in [-0.05, 0) is 25.5 Å². The number of hydrogen-bond donors (Lipinski definition) is 1. The van der Waals surface area contributed by atoms with Gasteiger partial charge in [-0.15, -0.1) is 0 Å². The number of ketones is 1. The van der Waals surface area contributed by atoms with Gasteiger partial charge in [-0.1, -0.05) is 42.5 Å². The van der Waals surface area contributed by atoms with Crippen LogP contribution in [-0.4, -0.2) is 41.4 Å². The van der Waals surface area contributed by atoms with Crippen molar-refractivity contribution in [3.05, 3.63) is 87.5 Å². The molecule has 0 bridgehead atoms. The minimum absolute atomic E-state index is 0.00104. The maximum atomic E-state index is 13.4. The molecule has 2 aromatic carbocycles. The van der Waals surface area contributed by atoms with Crippen LogP contribution >= 0.6 is 0 Å². The van der Waals surface area contributed by atoms with Crippen molar-refractivity contribution in [2.45, 2.75) is 25.4 Å². The second-order valence-corrected chi connectivity index (χ2v) is 6.97. The molecular weight excluding hydrogens is 416 g/mol. The summed E-state index contributed by atoms with van der Waals surface area (Å²) in [6, 6.07) is 13.0. The molecule has 0 aliphatic carbocycles. The van der Waals surface area contributed by atoms with Gasteiger partial charge in [-0.2, -0.15) is 0 Å². The van der Waals surface area contributed by atoms with Gasteiger partial charge in [0.1, 0.15) is 0 Å². The van der Waals surface area contributed by atoms with E-state index >= 15 is 0 Å². The van der Waals surface area contributed by atoms with Gasteiger partial charge in [0.25, 0.3) is 5.69 Å². The number of esters is 2. The predicted molar refractivity (Wildman–Crippen MR) is 114 cm³/mol. The van der Waals surface area contributed by atoms with Gasteiger partial charge >= 0.3 is 11.9 Å². The van der Waals surface area contributed by atoms with E-state index < -0.39 is 34.2 Å². The molecule has 1 atom stereocenters. The van der Waals surface area contributed by atoms with Crippen LogP contribution in [0.1, 0.15) is 35.8 Å². The SMILES string of the molecule is CCOC(=O)C1(C(=O)OCC)C=C(C(=O)c2ccccc2)[C@@H](c2cccc([N+](=O)[O-])c2)N1. The molecule has 1 aliphatic heterocycles. The van der Waals surface area contributed by atoms with Crippen LogP contribution in [0.2, 0.25) is 0 Å². The Kier molecular flexibility index (Phi) is 6.79. The van der Waals surface area contributed by atoms with Crippen LogP contribution in [0.4, 0.5) is 5.69 Å². The average molecular weight is 438 g/mol. The van der Waals surface area contributed by atoms with E-state index in [1.165, 1.54) is 24.3 Å². The quantitative estimate of drug-likeness (QED) is 0.219. The Balaban J connectivity index is 2.17. The van der Waals surface area contributed by atoms with Gasteiger partial charge in [0.15, 0.2) is 5.78 Å². The van der Waals surface area contributed by atoms with E-state index in [1.807, 2.05) is 0 Å². The minimum atomic E-state index is -2.07. The van der Waals surface area contributed by atoms with Gasteiger partial charge in [-0.25, -0.2) is 9.59 Å². The molecule has 1 N–H and O–H groups in total. The molecule has 0 fully saturated rings. The zero-order chi connectivity index (χ0) is 23.3. The second-order valence-electron chi connectivity index (χ2n) is 6.97. The summed E-state index contributed by atoms with van der Waals surface area (Å²) in [7, 11) is 0. The summed E-state index contributed by atoms with van der Waals surface area (Å²) in [5.41, 5.74) is -1.51. The smallest absolute Gasteiger partial charge is 0.342 e. The van der Waals surface area contributed by atoms with Crippen molar-refractivity contribution in [3.8, 4) is 0 Å². The zero-order valence-electron chi connectivity index (χ0n) is 17.6. The van der Waals surface area contributed by atoms with E-state index in [9.17, 15) is 24.5 Å². The average Bonchev–Trinajstić information content (AvgIpc) is 3.22. The van der Waals surface area contributed by atoms with Crippen LogP contribution in [0.25, 0.3) is 0 Å². The van der Waals surface area contributed by atoms with Crippen LogP contribution in [0.5, 0.6) is 0 Å². The number of Topliss-reactive ketones (excluding diaryl/α,β-unsaturated/α-hetero) is 1. The molecule has 0 amide bonds. The Hall–Kier alpha value is -3.85. The van der Waals surface area contributed by atoms with Crippen LogP contribution in [0.15, 0.2) is 66.2 Å². The van der Waals surface area contributed by atoms with E-state index in [-0.39, 0.29) is 24.5 Å². The molecule has 32 heavy (non-hydrogen) atoms. The molecule has 1 aliphatic rings. The van der Waals surface area contributed by atoms with Gasteiger partial charge in [0.05, 0.1) is 24.2 Å². The summed E-state index contributed by atoms with van der Waals surface area (Å²) >= 11 is 0. The molecule has 2 aromatic rings. The number of non-ortho nitro benzene ring substituents is 1. The summed E-state index contributed by atoms with van der Waals surface area (Å²) in [6.07, 6.45) is 1.21. The number of nitrogens with zero attached hydrogens (tertiary/aromatic N) is 1. The van der Waals surface area contributed by atoms with Gasteiger partial charge in [0.2, 0.25) is 5.54 Å². The number of benzene rings is 2. The van der Waals surface area contributed by atoms with Gasteiger partial charge < -0.3 is 9.47 Å². The Labute approximate surface area is 184 Å². The first-order valence-corrected chi connectivity index (χ1v) is 10.0. The Morgan fingerprint density at radius 2 is 1.62 bits per heavy atom. The van der Waals surface area contributed by atoms with Crippen molar-refractivity contribution >= 4 is 23.4 Å². The van der Waals surface area contributed by atoms with Crippen LogP contribution < -0.4 is 5.32 Å². The van der Waals surface area contributed by atoms with E-state index in [1.54, 1.807) is 50.2 Å². The molecule has 9 heteroatoms. The zero-order valence-corrected chi connectivity index (χ0v) is 17.6. The van der Waals surface area contributed by atoms with Crippen molar-refractivity contribution in [2.24, 2.45) is 0 Å². The predicted octanol–water partition coefficient (Wildman–Crippen LogP) is 2.91. The molecule has 0 saturated carbocycles. The molecule has 0 aromatic heterocycles. The summed E-state index contributed by atoms with van der Waals surface area (Å²) < 4.78 is 10.2. The Morgan fingerprint density at radius 1 is 1.00 bits per heavy atom. The highest BCUT2D eigenvalue weighted by molar-refractivity contribution is 6.15. The van der Waals surface area contributed by atoms with Gasteiger partial charge in [-0.3, -0.25) is 20.2 Å². The van der Waals surface area contributed by atoms with E-state index in [0.717, 1.165) is 0 Å². The van der Waals surface area contributed by atoms with Crippen molar-refractivity contribution in [3.63, 3.8) is 0 Å². The first-order chi connectivity index (χ1) is 15.3. The third kappa shape index (κ3) is 4.28. The van der Waals surface area contributed by atoms with Crippen molar-refractivity contribution in [1.29, 1.82) is 0 Å². The first-order valence-electron chi connectivity index (χ1n) is 10.0. The molecule has 0 unspecified atom stereocenters. The number of hydrogen-bond acceptors (Lipinski definition) is 8. The fraction of sp³-hybridized carbons (Fsp3) is 0.261. The third-order valence-corrected chi connectivity index (χ3v) is 4.96. The lowest BCUT2D eigenvalue weighted by molar-refractivity contribution is -0.384. The van der Waals surface area contributed by atoms with E-state index in [2.05, 4.69) is 5.32 Å². The standard InChI is InChI=1S/C23H22N2O7/c1-3-31-21(27)23(22(28)32-4-2)14-18(20(26)15-9-6-5-7-10-15)19(24-23)16-11-8-12-17(13-16)25(29)30/h5-14,19,24H,3-4H2,1-2H3/t19-/m1/s1. The highest BCUT2D eigenvalue weighted by atomic mass is 16.6. The minimum Gasteiger partial charge on any atom is -0.464 e. The fourth-order valence-electron chi connectivity index (χ4n) is 3.51. The fourth-order valence-corrected chi connectivity index (χ4v) is 3.51. The third-order valence-electron chi connectivity index (χ3n) is 4.96. The van der Waals surface area contributed by atoms with Crippen molar-refractivity contribution in [2.75, 3.05) is 13.2 Å². The number of nitrogens with one attached hydrogen (secondary N) is 1. The highest BCUT2D eigenvalue weighted by Crippen LogP contribution is 2.37. The van der Waals surface area contributed by atoms with Crippen LogP contribution in [0, 0.1) is 10.1 Å². The lowest BCUT2D eigenvalue weighted by Crippen LogP contribution is -2.56. The molecule has 166 valence electrons. The van der Waals surface area contributed by atoms with Gasteiger partial charge in [0, 0.05) is 23.3 Å². The summed E-state index contributed by atoms with van der Waals surface area (Å²) in [5.74, 6) is -2.29. The number of rotatable bonds is 8. The molecule has 9 nitrogen and oxygen atoms in total. The lowest BCUT2D eigenvalue weighted by Gasteiger charge is -2.26. The number of carbonyl (C=O) groups is 3. The van der Waals surface area contributed by atoms with E-state index in [0.29, 0.717) is 11.1 Å². The Bertz CT molecular complexity index is 1060. The lowest BCUT2D eigenvalue weighted by atomic mass is 9.93. The number of nitro benzene ring substituents is 1. The molecule has 0 radical (unpaired) electrons. The van der Waals surface area contributed by atoms with Crippen LogP contribution in [-0.2, 0) is 19.1 Å². The molecule has 3 rings (SSSR count). The summed E-state index contributed by atoms with van der Waals surface area (Å²) in [4.78, 5) is 49.8. The highest BCUT2D eigenvalue weighted by Gasteiger charge is 2.54. The van der Waals surface area contributed by atoms with Crippen molar-refractivity contribution < 1.29 is 28.8 Å². The molecule has 0 saturated heterocycles. The van der Waals surface area contributed by atoms with E-state index in [4.69, 9.17) is 9.47 Å².